The van der Waals surface area contributed by atoms with E-state index in [9.17, 15) is 29.1 Å². The number of carbonyl (C=O) groups is 5. The number of carboxylic acids is 1. The quantitative estimate of drug-likeness (QED) is 0.129. The lowest BCUT2D eigenvalue weighted by Crippen LogP contribution is -2.56. The number of aromatic amines is 1. The molecule has 178 valence electrons. The van der Waals surface area contributed by atoms with Crippen molar-refractivity contribution >= 4 is 54.9 Å². The maximum absolute atomic E-state index is 12.5. The number of carboxylic acid groups (broad SMARTS) is 1. The van der Waals surface area contributed by atoms with E-state index in [1.54, 1.807) is 0 Å². The molecular formula is C17H27N7O6S2. The minimum absolute atomic E-state index is 0.0383. The van der Waals surface area contributed by atoms with Crippen LogP contribution in [0.2, 0.25) is 0 Å². The summed E-state index contributed by atoms with van der Waals surface area (Å²) in [6.07, 6.45) is 2.77. The molecule has 0 aliphatic heterocycles. The molecule has 1 rings (SSSR count). The molecule has 0 unspecified atom stereocenters. The smallest absolute Gasteiger partial charge is 0.326 e. The largest absolute Gasteiger partial charge is 0.480 e. The summed E-state index contributed by atoms with van der Waals surface area (Å²) >= 11 is 7.90. The van der Waals surface area contributed by atoms with Crippen LogP contribution in [0.4, 0.5) is 0 Å². The number of aliphatic carboxylic acids is 1. The van der Waals surface area contributed by atoms with Crippen molar-refractivity contribution in [2.75, 3.05) is 18.1 Å². The van der Waals surface area contributed by atoms with Crippen LogP contribution in [0.25, 0.3) is 0 Å². The van der Waals surface area contributed by atoms with Crippen LogP contribution in [0.3, 0.4) is 0 Å². The zero-order chi connectivity index (χ0) is 24.3. The first kappa shape index (κ1) is 27.3. The van der Waals surface area contributed by atoms with E-state index in [2.05, 4.69) is 56.5 Å². The number of nitrogens with two attached hydrogens (primary N) is 1. The van der Waals surface area contributed by atoms with E-state index in [4.69, 9.17) is 5.73 Å². The standard InChI is InChI=1S/C17H27N7O6S2/c1-8(22-13(25)4-20-15(27)10(18)5-31)14(26)24-12(6-32)16(28)23-11(17(29)30)2-9-3-19-7-21-9/h3,7-8,10-12,31-32H,2,4-6,18H2,1H3,(H,19,21)(H,20,27)(H,22,25)(H,23,28)(H,24,26)(H,29,30)/t8-,10-,11-,12-/m0/s1. The van der Waals surface area contributed by atoms with Gasteiger partial charge in [-0.25, -0.2) is 9.78 Å². The molecule has 0 spiro atoms. The van der Waals surface area contributed by atoms with Crippen molar-refractivity contribution in [2.24, 2.45) is 5.73 Å². The highest BCUT2D eigenvalue weighted by Crippen LogP contribution is 2.01. The molecule has 0 saturated carbocycles. The van der Waals surface area contributed by atoms with Gasteiger partial charge in [-0.15, -0.1) is 0 Å². The fourth-order valence-electron chi connectivity index (χ4n) is 2.32. The Bertz CT molecular complexity index is 807. The highest BCUT2D eigenvalue weighted by atomic mass is 32.1. The summed E-state index contributed by atoms with van der Waals surface area (Å²) in [6, 6.07) is -4.33. The Morgan fingerprint density at radius 1 is 1.06 bits per heavy atom. The van der Waals surface area contributed by atoms with Crippen LogP contribution in [-0.4, -0.2) is 86.9 Å². The summed E-state index contributed by atoms with van der Waals surface area (Å²) in [5, 5.41) is 18.7. The van der Waals surface area contributed by atoms with Crippen LogP contribution in [0.15, 0.2) is 12.5 Å². The maximum Gasteiger partial charge on any atom is 0.326 e. The van der Waals surface area contributed by atoms with Gasteiger partial charge in [0.25, 0.3) is 0 Å². The van der Waals surface area contributed by atoms with Gasteiger partial charge in [0, 0.05) is 29.8 Å². The lowest BCUT2D eigenvalue weighted by molar-refractivity contribution is -0.142. The molecule has 0 radical (unpaired) electrons. The molecule has 15 heteroatoms. The molecule has 1 aromatic rings. The Morgan fingerprint density at radius 3 is 2.25 bits per heavy atom. The molecular weight excluding hydrogens is 462 g/mol. The van der Waals surface area contributed by atoms with Gasteiger partial charge in [-0.1, -0.05) is 0 Å². The van der Waals surface area contributed by atoms with Gasteiger partial charge in [0.15, 0.2) is 0 Å². The van der Waals surface area contributed by atoms with Gasteiger partial charge in [-0.05, 0) is 6.92 Å². The van der Waals surface area contributed by atoms with Crippen molar-refractivity contribution in [3.63, 3.8) is 0 Å². The molecule has 1 heterocycles. The van der Waals surface area contributed by atoms with E-state index in [1.807, 2.05) is 0 Å². The third-order valence-electron chi connectivity index (χ3n) is 4.14. The van der Waals surface area contributed by atoms with Gasteiger partial charge in [0.1, 0.15) is 18.1 Å². The van der Waals surface area contributed by atoms with Gasteiger partial charge in [0.2, 0.25) is 23.6 Å². The van der Waals surface area contributed by atoms with Gasteiger partial charge >= 0.3 is 5.97 Å². The van der Waals surface area contributed by atoms with E-state index < -0.39 is 60.3 Å². The Kier molecular flexibility index (Phi) is 11.6. The molecule has 32 heavy (non-hydrogen) atoms. The summed E-state index contributed by atoms with van der Waals surface area (Å²) < 4.78 is 0. The summed E-state index contributed by atoms with van der Waals surface area (Å²) in [5.41, 5.74) is 5.97. The van der Waals surface area contributed by atoms with E-state index in [-0.39, 0.29) is 17.9 Å². The van der Waals surface area contributed by atoms with E-state index in [0.29, 0.717) is 5.69 Å². The van der Waals surface area contributed by atoms with Gasteiger partial charge < -0.3 is 37.1 Å². The Hall–Kier alpha value is -2.78. The first-order chi connectivity index (χ1) is 15.1. The van der Waals surface area contributed by atoms with Crippen molar-refractivity contribution in [3.05, 3.63) is 18.2 Å². The number of aromatic nitrogens is 2. The number of nitrogens with one attached hydrogen (secondary N) is 5. The van der Waals surface area contributed by atoms with Gasteiger partial charge in [-0.2, -0.15) is 25.3 Å². The zero-order valence-electron chi connectivity index (χ0n) is 17.2. The Labute approximate surface area is 194 Å². The second kappa shape index (κ2) is 13.6. The molecule has 1 aromatic heterocycles. The van der Waals surface area contributed by atoms with Crippen molar-refractivity contribution in [2.45, 2.75) is 37.5 Å². The molecule has 8 N–H and O–H groups in total. The number of rotatable bonds is 13. The van der Waals surface area contributed by atoms with E-state index in [1.165, 1.54) is 19.4 Å². The lowest BCUT2D eigenvalue weighted by atomic mass is 10.1. The molecule has 13 nitrogen and oxygen atoms in total. The fraction of sp³-hybridized carbons (Fsp3) is 0.529. The highest BCUT2D eigenvalue weighted by molar-refractivity contribution is 7.80. The van der Waals surface area contributed by atoms with Crippen LogP contribution in [0.1, 0.15) is 12.6 Å². The SMILES string of the molecule is C[C@H](NC(=O)CNC(=O)[C@@H](N)CS)C(=O)N[C@@H](CS)C(=O)N[C@@H](Cc1cnc[nH]1)C(=O)O. The molecule has 4 atom stereocenters. The first-order valence-electron chi connectivity index (χ1n) is 9.44. The number of hydrogen-bond donors (Lipinski definition) is 9. The van der Waals surface area contributed by atoms with Crippen molar-refractivity contribution < 1.29 is 29.1 Å². The maximum atomic E-state index is 12.5. The Morgan fingerprint density at radius 2 is 1.72 bits per heavy atom. The number of thiol groups is 2. The fourth-order valence-corrected chi connectivity index (χ4v) is 2.74. The van der Waals surface area contributed by atoms with Crippen LogP contribution in [-0.2, 0) is 30.4 Å². The topological polar surface area (TPSA) is 208 Å². The molecule has 0 fully saturated rings. The monoisotopic (exact) mass is 489 g/mol. The van der Waals surface area contributed by atoms with Gasteiger partial charge in [-0.3, -0.25) is 19.2 Å². The average molecular weight is 490 g/mol. The number of imidazole rings is 1. The second-order valence-corrected chi connectivity index (χ2v) is 7.45. The van der Waals surface area contributed by atoms with E-state index in [0.717, 1.165) is 0 Å². The third-order valence-corrected chi connectivity index (χ3v) is 4.89. The second-order valence-electron chi connectivity index (χ2n) is 6.72. The molecule has 0 aliphatic rings. The summed E-state index contributed by atoms with van der Waals surface area (Å²) in [4.78, 5) is 66.2. The zero-order valence-corrected chi connectivity index (χ0v) is 19.0. The first-order valence-corrected chi connectivity index (χ1v) is 10.7. The third kappa shape index (κ3) is 9.15. The minimum atomic E-state index is -1.27. The van der Waals surface area contributed by atoms with Crippen LogP contribution in [0, 0.1) is 0 Å². The van der Waals surface area contributed by atoms with Crippen molar-refractivity contribution in [3.8, 4) is 0 Å². The molecule has 4 amide bonds. The van der Waals surface area contributed by atoms with Crippen LogP contribution < -0.4 is 27.0 Å². The molecule has 0 aliphatic carbocycles. The minimum Gasteiger partial charge on any atom is -0.480 e. The lowest BCUT2D eigenvalue weighted by Gasteiger charge is -2.22. The Balaban J connectivity index is 2.58. The summed E-state index contributed by atoms with van der Waals surface area (Å²) in [5.74, 6) is -3.96. The molecule has 0 saturated heterocycles. The normalized spacial score (nSPS) is 14.4. The molecule has 0 bridgehead atoms. The van der Waals surface area contributed by atoms with E-state index >= 15 is 0 Å². The predicted molar refractivity (Wildman–Crippen MR) is 120 cm³/mol. The number of hydrogen-bond acceptors (Lipinski definition) is 9. The number of amides is 4. The number of nitrogens with zero attached hydrogens (tertiary/aromatic N) is 1. The molecule has 0 aromatic carbocycles. The summed E-state index contributed by atoms with van der Waals surface area (Å²) in [7, 11) is 0. The highest BCUT2D eigenvalue weighted by Gasteiger charge is 2.28. The predicted octanol–water partition coefficient (Wildman–Crippen LogP) is -3.19. The number of H-pyrrole nitrogens is 1. The van der Waals surface area contributed by atoms with Gasteiger partial charge in [0.05, 0.1) is 18.9 Å². The van der Waals surface area contributed by atoms with Crippen molar-refractivity contribution in [1.29, 1.82) is 0 Å². The summed E-state index contributed by atoms with van der Waals surface area (Å²) in [6.45, 7) is 0.975. The van der Waals surface area contributed by atoms with Crippen LogP contribution in [0.5, 0.6) is 0 Å². The van der Waals surface area contributed by atoms with Crippen LogP contribution >= 0.6 is 25.3 Å². The average Bonchev–Trinajstić information content (AvgIpc) is 3.27. The van der Waals surface area contributed by atoms with Crippen molar-refractivity contribution in [1.82, 2.24) is 31.2 Å². The number of carbonyl (C=O) groups excluding carboxylic acids is 4.